The molecule has 1 aromatic rings. The molecule has 0 fully saturated rings. The number of nitrogens with two attached hydrogens (primary N) is 1. The zero-order valence-corrected chi connectivity index (χ0v) is 12.0. The molecule has 1 amide bonds. The number of hydrogen-bond acceptors (Lipinski definition) is 3. The summed E-state index contributed by atoms with van der Waals surface area (Å²) in [7, 11) is 0. The molecule has 0 spiro atoms. The number of carbonyl (C=O) groups excluding carboxylic acids is 1. The standard InChI is InChI=1S/C15H24N2O2/c1-4-19-14-10-12(7-8-16)5-6-13(14)17-15(18)9-11(2)3/h5-6,10-11H,4,7-9,16H2,1-3H3,(H,17,18). The summed E-state index contributed by atoms with van der Waals surface area (Å²) in [6.07, 6.45) is 1.32. The number of rotatable bonds is 7. The van der Waals surface area contributed by atoms with Gasteiger partial charge in [-0.05, 0) is 43.5 Å². The second-order valence-corrected chi connectivity index (χ2v) is 4.95. The van der Waals surface area contributed by atoms with Crippen molar-refractivity contribution in [2.75, 3.05) is 18.5 Å². The summed E-state index contributed by atoms with van der Waals surface area (Å²) in [5.41, 5.74) is 7.40. The Kier molecular flexibility index (Phi) is 6.36. The van der Waals surface area contributed by atoms with Crippen molar-refractivity contribution in [2.24, 2.45) is 11.7 Å². The third-order valence-electron chi connectivity index (χ3n) is 2.65. The molecule has 0 bridgehead atoms. The van der Waals surface area contributed by atoms with Crippen LogP contribution in [0.15, 0.2) is 18.2 Å². The van der Waals surface area contributed by atoms with Crippen molar-refractivity contribution in [1.82, 2.24) is 0 Å². The average molecular weight is 264 g/mol. The number of amides is 1. The van der Waals surface area contributed by atoms with E-state index in [4.69, 9.17) is 10.5 Å². The zero-order valence-electron chi connectivity index (χ0n) is 12.0. The molecule has 1 aromatic carbocycles. The normalized spacial score (nSPS) is 10.6. The maximum Gasteiger partial charge on any atom is 0.224 e. The van der Waals surface area contributed by atoms with E-state index in [1.54, 1.807) is 0 Å². The average Bonchev–Trinajstić information content (AvgIpc) is 2.32. The Hall–Kier alpha value is -1.55. The third-order valence-corrected chi connectivity index (χ3v) is 2.65. The molecule has 1 rings (SSSR count). The summed E-state index contributed by atoms with van der Waals surface area (Å²) < 4.78 is 5.57. The Labute approximate surface area is 115 Å². The highest BCUT2D eigenvalue weighted by Crippen LogP contribution is 2.26. The van der Waals surface area contributed by atoms with Crippen molar-refractivity contribution in [3.8, 4) is 5.75 Å². The van der Waals surface area contributed by atoms with Gasteiger partial charge in [0, 0.05) is 6.42 Å². The molecule has 4 nitrogen and oxygen atoms in total. The van der Waals surface area contributed by atoms with Crippen molar-refractivity contribution >= 4 is 11.6 Å². The first kappa shape index (κ1) is 15.5. The van der Waals surface area contributed by atoms with E-state index >= 15 is 0 Å². The van der Waals surface area contributed by atoms with Crippen LogP contribution in [0.5, 0.6) is 5.75 Å². The van der Waals surface area contributed by atoms with E-state index in [2.05, 4.69) is 5.32 Å². The molecule has 0 radical (unpaired) electrons. The van der Waals surface area contributed by atoms with Crippen molar-refractivity contribution in [1.29, 1.82) is 0 Å². The monoisotopic (exact) mass is 264 g/mol. The summed E-state index contributed by atoms with van der Waals surface area (Å²) in [5.74, 6) is 1.07. The van der Waals surface area contributed by atoms with Crippen molar-refractivity contribution in [2.45, 2.75) is 33.6 Å². The smallest absolute Gasteiger partial charge is 0.224 e. The molecular weight excluding hydrogens is 240 g/mol. The van der Waals surface area contributed by atoms with Crippen LogP contribution < -0.4 is 15.8 Å². The molecule has 0 saturated heterocycles. The molecule has 0 atom stereocenters. The van der Waals surface area contributed by atoms with Gasteiger partial charge in [-0.3, -0.25) is 4.79 Å². The number of benzene rings is 1. The third kappa shape index (κ3) is 5.30. The summed E-state index contributed by atoms with van der Waals surface area (Å²) in [5, 5.41) is 2.90. The zero-order chi connectivity index (χ0) is 14.3. The largest absolute Gasteiger partial charge is 0.492 e. The van der Waals surface area contributed by atoms with Crippen LogP contribution in [-0.2, 0) is 11.2 Å². The van der Waals surface area contributed by atoms with E-state index in [1.165, 1.54) is 0 Å². The maximum absolute atomic E-state index is 11.8. The van der Waals surface area contributed by atoms with Crippen LogP contribution in [0.4, 0.5) is 5.69 Å². The molecule has 19 heavy (non-hydrogen) atoms. The number of carbonyl (C=O) groups is 1. The lowest BCUT2D eigenvalue weighted by molar-refractivity contribution is -0.116. The second-order valence-electron chi connectivity index (χ2n) is 4.95. The van der Waals surface area contributed by atoms with E-state index in [0.717, 1.165) is 17.7 Å². The first-order valence-electron chi connectivity index (χ1n) is 6.82. The number of hydrogen-bond donors (Lipinski definition) is 2. The van der Waals surface area contributed by atoms with E-state index in [0.29, 0.717) is 31.2 Å². The Morgan fingerprint density at radius 2 is 2.16 bits per heavy atom. The van der Waals surface area contributed by atoms with Gasteiger partial charge in [0.05, 0.1) is 12.3 Å². The molecule has 0 aromatic heterocycles. The van der Waals surface area contributed by atoms with E-state index in [1.807, 2.05) is 39.0 Å². The molecule has 4 heteroatoms. The highest BCUT2D eigenvalue weighted by Gasteiger charge is 2.10. The molecule has 0 unspecified atom stereocenters. The predicted molar refractivity (Wildman–Crippen MR) is 78.5 cm³/mol. The van der Waals surface area contributed by atoms with Gasteiger partial charge in [-0.15, -0.1) is 0 Å². The maximum atomic E-state index is 11.8. The summed E-state index contributed by atoms with van der Waals surface area (Å²) in [6, 6.07) is 5.80. The van der Waals surface area contributed by atoms with Gasteiger partial charge in [0.2, 0.25) is 5.91 Å². The van der Waals surface area contributed by atoms with Gasteiger partial charge in [-0.1, -0.05) is 19.9 Å². The minimum Gasteiger partial charge on any atom is -0.492 e. The summed E-state index contributed by atoms with van der Waals surface area (Å²) in [6.45, 7) is 7.14. The first-order valence-corrected chi connectivity index (χ1v) is 6.82. The lowest BCUT2D eigenvalue weighted by Gasteiger charge is -2.13. The van der Waals surface area contributed by atoms with Crippen LogP contribution in [0.2, 0.25) is 0 Å². The summed E-state index contributed by atoms with van der Waals surface area (Å²) >= 11 is 0. The quantitative estimate of drug-likeness (QED) is 0.795. The lowest BCUT2D eigenvalue weighted by atomic mass is 10.1. The summed E-state index contributed by atoms with van der Waals surface area (Å²) in [4.78, 5) is 11.8. The number of ether oxygens (including phenoxy) is 1. The lowest BCUT2D eigenvalue weighted by Crippen LogP contribution is -2.15. The minimum atomic E-state index is 0.0162. The van der Waals surface area contributed by atoms with E-state index in [9.17, 15) is 4.79 Å². The molecule has 3 N–H and O–H groups in total. The van der Waals surface area contributed by atoms with Gasteiger partial charge in [0.15, 0.2) is 0 Å². The van der Waals surface area contributed by atoms with Crippen LogP contribution >= 0.6 is 0 Å². The molecule has 0 heterocycles. The SMILES string of the molecule is CCOc1cc(CCN)ccc1NC(=O)CC(C)C. The van der Waals surface area contributed by atoms with E-state index < -0.39 is 0 Å². The molecular formula is C15H24N2O2. The molecule has 0 saturated carbocycles. The van der Waals surface area contributed by atoms with Crippen molar-refractivity contribution in [3.05, 3.63) is 23.8 Å². The number of nitrogens with one attached hydrogen (secondary N) is 1. The van der Waals surface area contributed by atoms with E-state index in [-0.39, 0.29) is 5.91 Å². The van der Waals surface area contributed by atoms with Crippen LogP contribution in [0, 0.1) is 5.92 Å². The molecule has 0 aliphatic rings. The van der Waals surface area contributed by atoms with Crippen LogP contribution in [0.1, 0.15) is 32.8 Å². The molecule has 0 aliphatic carbocycles. The molecule has 106 valence electrons. The van der Waals surface area contributed by atoms with Gasteiger partial charge in [-0.25, -0.2) is 0 Å². The van der Waals surface area contributed by atoms with Gasteiger partial charge in [-0.2, -0.15) is 0 Å². The van der Waals surface area contributed by atoms with Gasteiger partial charge >= 0.3 is 0 Å². The van der Waals surface area contributed by atoms with Crippen LogP contribution in [-0.4, -0.2) is 19.1 Å². The Morgan fingerprint density at radius 3 is 2.74 bits per heavy atom. The highest BCUT2D eigenvalue weighted by atomic mass is 16.5. The van der Waals surface area contributed by atoms with Crippen LogP contribution in [0.25, 0.3) is 0 Å². The van der Waals surface area contributed by atoms with Crippen LogP contribution in [0.3, 0.4) is 0 Å². The molecule has 0 aliphatic heterocycles. The minimum absolute atomic E-state index is 0.0162. The highest BCUT2D eigenvalue weighted by molar-refractivity contribution is 5.92. The van der Waals surface area contributed by atoms with Gasteiger partial charge < -0.3 is 15.8 Å². The first-order chi connectivity index (χ1) is 9.06. The topological polar surface area (TPSA) is 64.3 Å². The van der Waals surface area contributed by atoms with Crippen molar-refractivity contribution < 1.29 is 9.53 Å². The Morgan fingerprint density at radius 1 is 1.42 bits per heavy atom. The van der Waals surface area contributed by atoms with Gasteiger partial charge in [0.25, 0.3) is 0 Å². The fourth-order valence-corrected chi connectivity index (χ4v) is 1.84. The second kappa shape index (κ2) is 7.79. The van der Waals surface area contributed by atoms with Crippen molar-refractivity contribution in [3.63, 3.8) is 0 Å². The number of anilines is 1. The predicted octanol–water partition coefficient (Wildman–Crippen LogP) is 2.57. The fourth-order valence-electron chi connectivity index (χ4n) is 1.84. The Balaban J connectivity index is 2.83. The Bertz CT molecular complexity index is 417. The van der Waals surface area contributed by atoms with Gasteiger partial charge in [0.1, 0.15) is 5.75 Å². The fraction of sp³-hybridized carbons (Fsp3) is 0.533.